The summed E-state index contributed by atoms with van der Waals surface area (Å²) in [6, 6.07) is 7.82. The molecule has 2 fully saturated rings. The maximum atomic E-state index is 12.8. The molecule has 3 aliphatic rings. The van der Waals surface area contributed by atoms with Gasteiger partial charge >= 0.3 is 0 Å². The van der Waals surface area contributed by atoms with Crippen molar-refractivity contribution in [3.05, 3.63) is 68.8 Å². The summed E-state index contributed by atoms with van der Waals surface area (Å²) < 4.78 is 6.49. The molecule has 5 rings (SSSR count). The molecule has 2 amide bonds. The number of halogens is 1. The molecule has 2 aromatic rings. The van der Waals surface area contributed by atoms with E-state index < -0.39 is 4.92 Å². The lowest BCUT2D eigenvalue weighted by atomic mass is 9.85. The zero-order valence-electron chi connectivity index (χ0n) is 15.9. The van der Waals surface area contributed by atoms with Crippen molar-refractivity contribution in [1.82, 2.24) is 9.99 Å². The Morgan fingerprint density at radius 3 is 2.48 bits per heavy atom. The predicted octanol–water partition coefficient (Wildman–Crippen LogP) is 3.69. The van der Waals surface area contributed by atoms with Crippen LogP contribution in [-0.2, 0) is 9.59 Å². The molecule has 2 heterocycles. The number of pyridine rings is 1. The number of benzene rings is 1. The number of nitrogens with zero attached hydrogens (tertiary/aromatic N) is 4. The van der Waals surface area contributed by atoms with E-state index in [1.165, 1.54) is 18.3 Å². The molecule has 1 saturated carbocycles. The summed E-state index contributed by atoms with van der Waals surface area (Å²) in [6.45, 7) is 0. The molecule has 2 aliphatic carbocycles. The lowest BCUT2D eigenvalue weighted by molar-refractivity contribution is -0.385. The Morgan fingerprint density at radius 2 is 1.87 bits per heavy atom. The number of rotatable bonds is 5. The number of carbonyl (C=O) groups is 2. The number of hydrogen-bond donors (Lipinski definition) is 0. The van der Waals surface area contributed by atoms with Crippen molar-refractivity contribution in [2.45, 2.75) is 6.42 Å². The third-order valence-electron chi connectivity index (χ3n) is 5.88. The highest BCUT2D eigenvalue weighted by Crippen LogP contribution is 2.52. The molecular formula is C21H15BrN4O5. The van der Waals surface area contributed by atoms with E-state index in [0.29, 0.717) is 11.3 Å². The third-order valence-corrected chi connectivity index (χ3v) is 6.37. The maximum Gasteiger partial charge on any atom is 0.287 e. The highest BCUT2D eigenvalue weighted by Gasteiger charge is 2.59. The second-order valence-corrected chi connectivity index (χ2v) is 8.54. The molecule has 1 aliphatic heterocycles. The average molecular weight is 483 g/mol. The van der Waals surface area contributed by atoms with E-state index in [1.807, 2.05) is 12.2 Å². The standard InChI is InChI=1S/C21H15BrN4O5/c22-14-3-5-16(31-17-6-4-15(10-23-17)26(29)30)13(8-14)9-24-25-20(27)18-11-1-2-12(7-11)19(18)21(25)28/h1-6,8-12,18-19H,7H2/t11-,12-,18-,19+/m0/s1. The van der Waals surface area contributed by atoms with Crippen molar-refractivity contribution in [3.63, 3.8) is 0 Å². The summed E-state index contributed by atoms with van der Waals surface area (Å²) in [5.41, 5.74) is 0.360. The number of allylic oxidation sites excluding steroid dienone is 2. The van der Waals surface area contributed by atoms with Gasteiger partial charge in [0.25, 0.3) is 17.5 Å². The number of hydrazone groups is 1. The molecule has 1 aromatic heterocycles. The van der Waals surface area contributed by atoms with E-state index in [9.17, 15) is 19.7 Å². The van der Waals surface area contributed by atoms with Gasteiger partial charge in [0.05, 0.1) is 23.0 Å². The quantitative estimate of drug-likeness (QED) is 0.211. The summed E-state index contributed by atoms with van der Waals surface area (Å²) in [6.07, 6.45) is 7.42. The fraction of sp³-hybridized carbons (Fsp3) is 0.238. The first-order valence-corrected chi connectivity index (χ1v) is 10.4. The molecule has 156 valence electrons. The van der Waals surface area contributed by atoms with Crippen molar-refractivity contribution in [1.29, 1.82) is 0 Å². The van der Waals surface area contributed by atoms with Crippen molar-refractivity contribution in [3.8, 4) is 11.6 Å². The van der Waals surface area contributed by atoms with E-state index in [2.05, 4.69) is 26.0 Å². The van der Waals surface area contributed by atoms with Gasteiger partial charge in [-0.3, -0.25) is 19.7 Å². The number of amides is 2. The van der Waals surface area contributed by atoms with Gasteiger partial charge in [-0.1, -0.05) is 28.1 Å². The Balaban J connectivity index is 1.39. The van der Waals surface area contributed by atoms with Crippen LogP contribution >= 0.6 is 15.9 Å². The smallest absolute Gasteiger partial charge is 0.287 e. The van der Waals surface area contributed by atoms with E-state index >= 15 is 0 Å². The monoisotopic (exact) mass is 482 g/mol. The second-order valence-electron chi connectivity index (χ2n) is 7.63. The van der Waals surface area contributed by atoms with Crippen LogP contribution in [0.1, 0.15) is 12.0 Å². The number of nitro groups is 1. The van der Waals surface area contributed by atoms with Gasteiger partial charge < -0.3 is 4.74 Å². The second kappa shape index (κ2) is 7.38. The van der Waals surface area contributed by atoms with Crippen LogP contribution in [0.4, 0.5) is 5.69 Å². The first-order chi connectivity index (χ1) is 14.9. The number of carbonyl (C=O) groups excluding carboxylic acids is 2. The molecular weight excluding hydrogens is 468 g/mol. The van der Waals surface area contributed by atoms with Crippen LogP contribution in [-0.4, -0.2) is 32.9 Å². The number of hydrogen-bond acceptors (Lipinski definition) is 7. The minimum absolute atomic E-state index is 0.115. The Morgan fingerprint density at radius 1 is 1.16 bits per heavy atom. The molecule has 1 aromatic carbocycles. The van der Waals surface area contributed by atoms with Crippen molar-refractivity contribution < 1.29 is 19.2 Å². The van der Waals surface area contributed by atoms with Gasteiger partial charge in [-0.2, -0.15) is 10.1 Å². The number of fused-ring (bicyclic) bond motifs is 5. The summed E-state index contributed by atoms with van der Waals surface area (Å²) in [5, 5.41) is 15.9. The van der Waals surface area contributed by atoms with Gasteiger partial charge in [-0.25, -0.2) is 4.98 Å². The summed E-state index contributed by atoms with van der Waals surface area (Å²) >= 11 is 3.38. The van der Waals surface area contributed by atoms with E-state index in [4.69, 9.17) is 4.74 Å². The van der Waals surface area contributed by atoms with Crippen LogP contribution in [0.5, 0.6) is 11.6 Å². The van der Waals surface area contributed by atoms with Crippen molar-refractivity contribution in [2.24, 2.45) is 28.8 Å². The first kappa shape index (κ1) is 19.6. The van der Waals surface area contributed by atoms with Gasteiger partial charge in [-0.15, -0.1) is 0 Å². The topological polar surface area (TPSA) is 115 Å². The molecule has 4 atom stereocenters. The van der Waals surface area contributed by atoms with Crippen LogP contribution in [0.15, 0.2) is 58.3 Å². The third kappa shape index (κ3) is 3.32. The fourth-order valence-corrected chi connectivity index (χ4v) is 4.87. The van der Waals surface area contributed by atoms with Gasteiger partial charge in [0.15, 0.2) is 0 Å². The number of imide groups is 1. The highest BCUT2D eigenvalue weighted by molar-refractivity contribution is 9.10. The minimum Gasteiger partial charge on any atom is -0.438 e. The van der Waals surface area contributed by atoms with Gasteiger partial charge in [0.1, 0.15) is 11.9 Å². The SMILES string of the molecule is O=C1[C@@H]2[C@H](C(=O)N1N=Cc1cc(Br)ccc1Oc1ccc([N+](=O)[O-])cn1)[C@H]1C=C[C@H]2C1. The molecule has 0 unspecified atom stereocenters. The first-order valence-electron chi connectivity index (χ1n) is 9.60. The molecule has 0 spiro atoms. The highest BCUT2D eigenvalue weighted by atomic mass is 79.9. The van der Waals surface area contributed by atoms with E-state index in [-0.39, 0.29) is 47.1 Å². The largest absolute Gasteiger partial charge is 0.438 e. The molecule has 2 bridgehead atoms. The fourth-order valence-electron chi connectivity index (χ4n) is 4.49. The molecule has 10 heteroatoms. The molecule has 9 nitrogen and oxygen atoms in total. The number of ether oxygens (including phenoxy) is 1. The lowest BCUT2D eigenvalue weighted by Crippen LogP contribution is -2.28. The Labute approximate surface area is 184 Å². The molecule has 1 saturated heterocycles. The summed E-state index contributed by atoms with van der Waals surface area (Å²) in [4.78, 5) is 39.8. The number of aromatic nitrogens is 1. The zero-order valence-corrected chi connectivity index (χ0v) is 17.5. The van der Waals surface area contributed by atoms with E-state index in [0.717, 1.165) is 22.1 Å². The van der Waals surface area contributed by atoms with Gasteiger partial charge in [-0.05, 0) is 36.5 Å². The van der Waals surface area contributed by atoms with Crippen LogP contribution in [0, 0.1) is 33.8 Å². The summed E-state index contributed by atoms with van der Waals surface area (Å²) in [5.74, 6) is -0.406. The van der Waals surface area contributed by atoms with E-state index in [1.54, 1.807) is 18.2 Å². The molecule has 31 heavy (non-hydrogen) atoms. The van der Waals surface area contributed by atoms with Crippen LogP contribution in [0.25, 0.3) is 0 Å². The van der Waals surface area contributed by atoms with Crippen LogP contribution in [0.3, 0.4) is 0 Å². The normalized spacial score (nSPS) is 26.2. The van der Waals surface area contributed by atoms with Gasteiger partial charge in [0, 0.05) is 22.2 Å². The summed E-state index contributed by atoms with van der Waals surface area (Å²) in [7, 11) is 0. The van der Waals surface area contributed by atoms with Crippen LogP contribution < -0.4 is 4.74 Å². The zero-order chi connectivity index (χ0) is 21.7. The Hall–Kier alpha value is -3.40. The average Bonchev–Trinajstić information content (AvgIpc) is 3.43. The Kier molecular flexibility index (Phi) is 4.66. The maximum absolute atomic E-state index is 12.8. The molecule has 0 radical (unpaired) electrons. The van der Waals surface area contributed by atoms with Crippen LogP contribution in [0.2, 0.25) is 0 Å². The van der Waals surface area contributed by atoms with Gasteiger partial charge in [0.2, 0.25) is 5.88 Å². The lowest BCUT2D eigenvalue weighted by Gasteiger charge is -2.13. The molecule has 0 N–H and O–H groups in total. The minimum atomic E-state index is -0.546. The Bertz CT molecular complexity index is 1130. The van der Waals surface area contributed by atoms with Crippen molar-refractivity contribution in [2.75, 3.05) is 0 Å². The predicted molar refractivity (Wildman–Crippen MR) is 112 cm³/mol. The van der Waals surface area contributed by atoms with Crippen molar-refractivity contribution >= 4 is 39.6 Å².